The maximum atomic E-state index is 12.6. The number of carboxylic acid groups (broad SMARTS) is 1. The molecular weight excluding hydrogens is 324 g/mol. The first-order valence-corrected chi connectivity index (χ1v) is 8.42. The number of carbonyl (C=O) groups is 2. The summed E-state index contributed by atoms with van der Waals surface area (Å²) in [5.41, 5.74) is 0.0391. The first kappa shape index (κ1) is 17.2. The van der Waals surface area contributed by atoms with Crippen molar-refractivity contribution in [1.29, 1.82) is 0 Å². The third-order valence-electron chi connectivity index (χ3n) is 3.95. The van der Waals surface area contributed by atoms with Gasteiger partial charge in [0.05, 0.1) is 23.5 Å². The summed E-state index contributed by atoms with van der Waals surface area (Å²) in [5.74, 6) is -2.08. The molecule has 1 aromatic rings. The maximum Gasteiger partial charge on any atom is 0.308 e. The standard InChI is InChI=1S/C14H18N2O6S/c1-8-6-16(7-11(8)14(18)19)13(17)10-5-9(23(15,20)21)3-4-12(10)22-2/h3-5,8,11H,6-7H2,1-2H3,(H,18,19)(H2,15,20,21)/t8-,11-/m1/s1. The predicted molar refractivity (Wildman–Crippen MR) is 80.6 cm³/mol. The fraction of sp³-hybridized carbons (Fsp3) is 0.429. The molecule has 1 fully saturated rings. The number of carboxylic acids is 1. The van der Waals surface area contributed by atoms with Crippen molar-refractivity contribution < 1.29 is 27.9 Å². The van der Waals surface area contributed by atoms with Gasteiger partial charge in [-0.2, -0.15) is 0 Å². The van der Waals surface area contributed by atoms with E-state index < -0.39 is 27.8 Å². The van der Waals surface area contributed by atoms with Crippen molar-refractivity contribution in [1.82, 2.24) is 4.90 Å². The molecule has 1 saturated heterocycles. The predicted octanol–water partition coefficient (Wildman–Crippen LogP) is 0.135. The highest BCUT2D eigenvalue weighted by atomic mass is 32.2. The Morgan fingerprint density at radius 2 is 2.00 bits per heavy atom. The van der Waals surface area contributed by atoms with Crippen LogP contribution in [0.3, 0.4) is 0 Å². The van der Waals surface area contributed by atoms with Crippen LogP contribution in [0.15, 0.2) is 23.1 Å². The van der Waals surface area contributed by atoms with E-state index >= 15 is 0 Å². The Labute approximate surface area is 133 Å². The zero-order valence-electron chi connectivity index (χ0n) is 12.7. The number of methoxy groups -OCH3 is 1. The molecular formula is C14H18N2O6S. The molecule has 1 amide bonds. The molecule has 0 spiro atoms. The number of nitrogens with two attached hydrogens (primary N) is 1. The second kappa shape index (κ2) is 6.17. The molecule has 0 radical (unpaired) electrons. The lowest BCUT2D eigenvalue weighted by molar-refractivity contribution is -0.142. The smallest absolute Gasteiger partial charge is 0.308 e. The molecule has 0 bridgehead atoms. The second-order valence-corrected chi connectivity index (χ2v) is 7.10. The molecule has 2 rings (SSSR count). The quantitative estimate of drug-likeness (QED) is 0.801. The number of likely N-dealkylation sites (tertiary alicyclic amines) is 1. The minimum absolute atomic E-state index is 0.0391. The number of hydrogen-bond acceptors (Lipinski definition) is 5. The minimum atomic E-state index is -3.96. The molecule has 1 heterocycles. The van der Waals surface area contributed by atoms with Crippen molar-refractivity contribution in [2.75, 3.05) is 20.2 Å². The zero-order chi connectivity index (χ0) is 17.4. The summed E-state index contributed by atoms with van der Waals surface area (Å²) in [6, 6.07) is 3.74. The molecule has 0 aromatic heterocycles. The largest absolute Gasteiger partial charge is 0.496 e. The van der Waals surface area contributed by atoms with Gasteiger partial charge in [-0.15, -0.1) is 0 Å². The average Bonchev–Trinajstić information content (AvgIpc) is 2.87. The van der Waals surface area contributed by atoms with E-state index in [1.165, 1.54) is 24.1 Å². The zero-order valence-corrected chi connectivity index (χ0v) is 13.5. The van der Waals surface area contributed by atoms with E-state index in [-0.39, 0.29) is 35.2 Å². The molecule has 0 unspecified atom stereocenters. The van der Waals surface area contributed by atoms with Gasteiger partial charge in [0, 0.05) is 13.1 Å². The minimum Gasteiger partial charge on any atom is -0.496 e. The maximum absolute atomic E-state index is 12.6. The fourth-order valence-electron chi connectivity index (χ4n) is 2.66. The van der Waals surface area contributed by atoms with Gasteiger partial charge in [-0.05, 0) is 24.1 Å². The Morgan fingerprint density at radius 1 is 1.35 bits per heavy atom. The Morgan fingerprint density at radius 3 is 2.48 bits per heavy atom. The molecule has 2 atom stereocenters. The number of carbonyl (C=O) groups excluding carboxylic acids is 1. The van der Waals surface area contributed by atoms with Crippen LogP contribution in [-0.4, -0.2) is 50.5 Å². The molecule has 8 nitrogen and oxygen atoms in total. The van der Waals surface area contributed by atoms with Gasteiger partial charge in [-0.3, -0.25) is 9.59 Å². The number of sulfonamides is 1. The van der Waals surface area contributed by atoms with Crippen molar-refractivity contribution in [3.8, 4) is 5.75 Å². The summed E-state index contributed by atoms with van der Waals surface area (Å²) in [7, 11) is -2.61. The molecule has 1 aliphatic rings. The molecule has 0 saturated carbocycles. The van der Waals surface area contributed by atoms with Crippen molar-refractivity contribution >= 4 is 21.9 Å². The van der Waals surface area contributed by atoms with E-state index in [2.05, 4.69) is 0 Å². The van der Waals surface area contributed by atoms with Gasteiger partial charge in [0.1, 0.15) is 5.75 Å². The van der Waals surface area contributed by atoms with Crippen LogP contribution in [0.4, 0.5) is 0 Å². The summed E-state index contributed by atoms with van der Waals surface area (Å²) in [6.07, 6.45) is 0. The third kappa shape index (κ3) is 3.45. The lowest BCUT2D eigenvalue weighted by atomic mass is 9.99. The van der Waals surface area contributed by atoms with E-state index in [1.807, 2.05) is 0 Å². The number of ether oxygens (including phenoxy) is 1. The number of hydrogen-bond donors (Lipinski definition) is 2. The van der Waals surface area contributed by atoms with Crippen molar-refractivity contribution in [2.24, 2.45) is 17.0 Å². The van der Waals surface area contributed by atoms with E-state index in [1.54, 1.807) is 6.92 Å². The Kier molecular flexibility index (Phi) is 4.62. The second-order valence-electron chi connectivity index (χ2n) is 5.54. The van der Waals surface area contributed by atoms with Crippen LogP contribution in [0, 0.1) is 11.8 Å². The normalized spacial score (nSPS) is 21.3. The van der Waals surface area contributed by atoms with Crippen LogP contribution in [-0.2, 0) is 14.8 Å². The molecule has 126 valence electrons. The highest BCUT2D eigenvalue weighted by Crippen LogP contribution is 2.28. The molecule has 23 heavy (non-hydrogen) atoms. The van der Waals surface area contributed by atoms with E-state index in [0.29, 0.717) is 0 Å². The SMILES string of the molecule is COc1ccc(S(N)(=O)=O)cc1C(=O)N1C[C@@H](C)[C@H](C(=O)O)C1. The summed E-state index contributed by atoms with van der Waals surface area (Å²) in [4.78, 5) is 25.0. The van der Waals surface area contributed by atoms with Crippen molar-refractivity contribution in [3.05, 3.63) is 23.8 Å². The van der Waals surface area contributed by atoms with Gasteiger partial charge in [0.2, 0.25) is 10.0 Å². The Hall–Kier alpha value is -2.13. The number of aliphatic carboxylic acids is 1. The summed E-state index contributed by atoms with van der Waals surface area (Å²) in [6.45, 7) is 2.10. The number of amides is 1. The van der Waals surface area contributed by atoms with Crippen LogP contribution in [0.2, 0.25) is 0 Å². The number of rotatable bonds is 4. The van der Waals surface area contributed by atoms with Gasteiger partial charge in [0.15, 0.2) is 0 Å². The number of nitrogens with zero attached hydrogens (tertiary/aromatic N) is 1. The first-order valence-electron chi connectivity index (χ1n) is 6.88. The van der Waals surface area contributed by atoms with Crippen LogP contribution < -0.4 is 9.88 Å². The van der Waals surface area contributed by atoms with Crippen molar-refractivity contribution in [3.63, 3.8) is 0 Å². The van der Waals surface area contributed by atoms with Crippen LogP contribution in [0.5, 0.6) is 5.75 Å². The Bertz CT molecular complexity index is 746. The topological polar surface area (TPSA) is 127 Å². The summed E-state index contributed by atoms with van der Waals surface area (Å²) < 4.78 is 28.0. The first-order chi connectivity index (χ1) is 10.6. The van der Waals surface area contributed by atoms with Gasteiger partial charge in [-0.25, -0.2) is 13.6 Å². The lowest BCUT2D eigenvalue weighted by Gasteiger charge is -2.18. The molecule has 9 heteroatoms. The average molecular weight is 342 g/mol. The van der Waals surface area contributed by atoms with Gasteiger partial charge in [0.25, 0.3) is 5.91 Å². The monoisotopic (exact) mass is 342 g/mol. The summed E-state index contributed by atoms with van der Waals surface area (Å²) in [5, 5.41) is 14.2. The molecule has 1 aromatic carbocycles. The molecule has 3 N–H and O–H groups in total. The number of primary sulfonamides is 1. The van der Waals surface area contributed by atoms with Crippen LogP contribution >= 0.6 is 0 Å². The van der Waals surface area contributed by atoms with Crippen molar-refractivity contribution in [2.45, 2.75) is 11.8 Å². The lowest BCUT2D eigenvalue weighted by Crippen LogP contribution is -2.30. The van der Waals surface area contributed by atoms with Crippen LogP contribution in [0.25, 0.3) is 0 Å². The molecule has 0 aliphatic carbocycles. The van der Waals surface area contributed by atoms with Gasteiger partial charge in [-0.1, -0.05) is 6.92 Å². The highest BCUT2D eigenvalue weighted by Gasteiger charge is 2.38. The van der Waals surface area contributed by atoms with E-state index in [0.717, 1.165) is 6.07 Å². The third-order valence-corrected chi connectivity index (χ3v) is 4.86. The summed E-state index contributed by atoms with van der Waals surface area (Å²) >= 11 is 0. The fourth-order valence-corrected chi connectivity index (χ4v) is 3.20. The van der Waals surface area contributed by atoms with Gasteiger partial charge >= 0.3 is 5.97 Å². The van der Waals surface area contributed by atoms with Crippen LogP contribution in [0.1, 0.15) is 17.3 Å². The Balaban J connectivity index is 2.37. The number of benzene rings is 1. The highest BCUT2D eigenvalue weighted by molar-refractivity contribution is 7.89. The van der Waals surface area contributed by atoms with E-state index in [9.17, 15) is 18.0 Å². The van der Waals surface area contributed by atoms with E-state index in [4.69, 9.17) is 15.0 Å². The molecule has 1 aliphatic heterocycles. The van der Waals surface area contributed by atoms with Gasteiger partial charge < -0.3 is 14.7 Å².